The van der Waals surface area contributed by atoms with Gasteiger partial charge in [0.1, 0.15) is 11.5 Å². The van der Waals surface area contributed by atoms with Gasteiger partial charge in [-0.15, -0.1) is 0 Å². The molecule has 36 heavy (non-hydrogen) atoms. The second-order valence-electron chi connectivity index (χ2n) is 8.87. The lowest BCUT2D eigenvalue weighted by molar-refractivity contribution is 0.628. The van der Waals surface area contributed by atoms with Gasteiger partial charge in [0.05, 0.1) is 34.8 Å². The highest BCUT2D eigenvalue weighted by molar-refractivity contribution is 6.01. The third-order valence-corrected chi connectivity index (χ3v) is 6.00. The van der Waals surface area contributed by atoms with Gasteiger partial charge < -0.3 is 10.3 Å². The second kappa shape index (κ2) is 9.62. The molecule has 0 bridgehead atoms. The third kappa shape index (κ3) is 4.43. The summed E-state index contributed by atoms with van der Waals surface area (Å²) in [6, 6.07) is 10.8. The van der Waals surface area contributed by atoms with Crippen LogP contribution in [0, 0.1) is 5.82 Å². The van der Waals surface area contributed by atoms with Gasteiger partial charge in [0.2, 0.25) is 0 Å². The van der Waals surface area contributed by atoms with E-state index in [2.05, 4.69) is 57.0 Å². The highest BCUT2D eigenvalue weighted by Gasteiger charge is 2.15. The molecule has 0 atom stereocenters. The van der Waals surface area contributed by atoms with Crippen molar-refractivity contribution in [3.05, 3.63) is 97.0 Å². The number of hydrogen-bond acceptors (Lipinski definition) is 4. The van der Waals surface area contributed by atoms with Crippen molar-refractivity contribution < 1.29 is 4.39 Å². The van der Waals surface area contributed by atoms with Crippen molar-refractivity contribution in [3.63, 3.8) is 0 Å². The maximum atomic E-state index is 13.5. The van der Waals surface area contributed by atoms with E-state index in [0.717, 1.165) is 61.3 Å². The van der Waals surface area contributed by atoms with Crippen LogP contribution in [0.25, 0.3) is 49.9 Å². The van der Waals surface area contributed by atoms with Crippen LogP contribution in [0.5, 0.6) is 0 Å². The molecule has 0 aliphatic carbocycles. The van der Waals surface area contributed by atoms with E-state index in [1.54, 1.807) is 30.7 Å². The number of nitrogens with zero attached hydrogens (tertiary/aromatic N) is 3. The van der Waals surface area contributed by atoms with Gasteiger partial charge >= 0.3 is 0 Å². The molecule has 0 aliphatic rings. The lowest BCUT2D eigenvalue weighted by Crippen LogP contribution is -2.20. The van der Waals surface area contributed by atoms with Crippen LogP contribution in [0.4, 0.5) is 4.39 Å². The van der Waals surface area contributed by atoms with E-state index in [1.165, 1.54) is 12.1 Å². The fourth-order valence-corrected chi connectivity index (χ4v) is 4.28. The lowest BCUT2D eigenvalue weighted by Gasteiger charge is -2.12. The van der Waals surface area contributed by atoms with E-state index < -0.39 is 0 Å². The van der Waals surface area contributed by atoms with Gasteiger partial charge in [-0.05, 0) is 68.3 Å². The van der Waals surface area contributed by atoms with Crippen LogP contribution < -0.4 is 5.32 Å². The Morgan fingerprint density at radius 3 is 2.58 bits per heavy atom. The van der Waals surface area contributed by atoms with Crippen LogP contribution in [-0.2, 0) is 0 Å². The van der Waals surface area contributed by atoms with Gasteiger partial charge in [-0.25, -0.2) is 4.39 Å². The number of halogens is 1. The standard InChI is InChI=1S/C29H27FN6/c1-5-18(11-21(6-2)33-17(3)4)25-13-23-28(16-32-25)35-36-29(23)26-12-22-24(14-31-15-27(22)34-26)19-7-9-20(30)10-8-19/h5-17,33-34H,2H2,1,3-4H3,(H,35,36)/b18-5+,21-11+. The summed E-state index contributed by atoms with van der Waals surface area (Å²) < 4.78 is 13.5. The number of H-pyrrole nitrogens is 2. The molecule has 4 aromatic heterocycles. The Labute approximate surface area is 208 Å². The molecule has 0 spiro atoms. The minimum absolute atomic E-state index is 0.267. The third-order valence-electron chi connectivity index (χ3n) is 6.00. The summed E-state index contributed by atoms with van der Waals surface area (Å²) >= 11 is 0. The van der Waals surface area contributed by atoms with Gasteiger partial charge in [-0.2, -0.15) is 5.10 Å². The summed E-state index contributed by atoms with van der Waals surface area (Å²) in [4.78, 5) is 12.5. The van der Waals surface area contributed by atoms with Crippen molar-refractivity contribution in [1.29, 1.82) is 0 Å². The van der Waals surface area contributed by atoms with Crippen LogP contribution >= 0.6 is 0 Å². The average molecular weight is 479 g/mol. The highest BCUT2D eigenvalue weighted by atomic mass is 19.1. The van der Waals surface area contributed by atoms with E-state index in [1.807, 2.05) is 31.2 Å². The molecule has 7 heteroatoms. The van der Waals surface area contributed by atoms with E-state index in [4.69, 9.17) is 0 Å². The average Bonchev–Trinajstić information content (AvgIpc) is 3.50. The first-order valence-electron chi connectivity index (χ1n) is 11.8. The predicted octanol–water partition coefficient (Wildman–Crippen LogP) is 6.78. The number of rotatable bonds is 7. The molecular formula is C29H27FN6. The summed E-state index contributed by atoms with van der Waals surface area (Å²) in [5.74, 6) is -0.267. The fourth-order valence-electron chi connectivity index (χ4n) is 4.28. The molecular weight excluding hydrogens is 451 g/mol. The molecule has 0 fully saturated rings. The molecule has 0 amide bonds. The molecule has 6 nitrogen and oxygen atoms in total. The highest BCUT2D eigenvalue weighted by Crippen LogP contribution is 2.34. The number of benzene rings is 1. The predicted molar refractivity (Wildman–Crippen MR) is 145 cm³/mol. The van der Waals surface area contributed by atoms with E-state index in [-0.39, 0.29) is 5.82 Å². The van der Waals surface area contributed by atoms with Crippen molar-refractivity contribution in [2.45, 2.75) is 26.8 Å². The summed E-state index contributed by atoms with van der Waals surface area (Å²) in [5, 5.41) is 13.0. The van der Waals surface area contributed by atoms with E-state index in [0.29, 0.717) is 6.04 Å². The molecule has 0 unspecified atom stereocenters. The van der Waals surface area contributed by atoms with E-state index in [9.17, 15) is 4.39 Å². The number of allylic oxidation sites excluding steroid dienone is 4. The van der Waals surface area contributed by atoms with Crippen molar-refractivity contribution in [2.75, 3.05) is 0 Å². The lowest BCUT2D eigenvalue weighted by atomic mass is 10.0. The van der Waals surface area contributed by atoms with Gasteiger partial charge in [0, 0.05) is 34.3 Å². The van der Waals surface area contributed by atoms with Crippen LogP contribution in [0.15, 0.2) is 85.5 Å². The molecule has 4 heterocycles. The molecule has 5 rings (SSSR count). The van der Waals surface area contributed by atoms with Gasteiger partial charge in [0.25, 0.3) is 0 Å². The molecule has 0 saturated heterocycles. The van der Waals surface area contributed by atoms with Crippen molar-refractivity contribution in [1.82, 2.24) is 30.5 Å². The SMILES string of the molecule is C=C/C(=C\C(=C/C)c1cc2c(-c3cc4c(-c5ccc(F)cc5)cncc4[nH]3)n[nH]c2cn1)NC(C)C. The number of pyridine rings is 2. The molecule has 0 saturated carbocycles. The largest absolute Gasteiger partial charge is 0.383 e. The zero-order chi connectivity index (χ0) is 25.2. The van der Waals surface area contributed by atoms with Gasteiger partial charge in [0.15, 0.2) is 0 Å². The second-order valence-corrected chi connectivity index (χ2v) is 8.87. The summed E-state index contributed by atoms with van der Waals surface area (Å²) in [7, 11) is 0. The van der Waals surface area contributed by atoms with Gasteiger partial charge in [-0.1, -0.05) is 24.8 Å². The van der Waals surface area contributed by atoms with Gasteiger partial charge in [-0.3, -0.25) is 15.1 Å². The molecule has 1 aromatic carbocycles. The van der Waals surface area contributed by atoms with Crippen LogP contribution in [0.2, 0.25) is 0 Å². The van der Waals surface area contributed by atoms with Crippen molar-refractivity contribution in [2.24, 2.45) is 0 Å². The summed E-state index contributed by atoms with van der Waals surface area (Å²) in [6.45, 7) is 10.1. The Kier molecular flexibility index (Phi) is 6.21. The minimum atomic E-state index is -0.267. The minimum Gasteiger partial charge on any atom is -0.383 e. The van der Waals surface area contributed by atoms with Crippen LogP contribution in [0.3, 0.4) is 0 Å². The number of aromatic nitrogens is 5. The van der Waals surface area contributed by atoms with E-state index >= 15 is 0 Å². The smallest absolute Gasteiger partial charge is 0.123 e. The topological polar surface area (TPSA) is 82.3 Å². The maximum absolute atomic E-state index is 13.5. The quantitative estimate of drug-likeness (QED) is 0.225. The Balaban J connectivity index is 1.58. The Hall–Kier alpha value is -4.52. The molecule has 0 aliphatic heterocycles. The van der Waals surface area contributed by atoms with Crippen LogP contribution in [0.1, 0.15) is 26.5 Å². The molecule has 0 radical (unpaired) electrons. The number of fused-ring (bicyclic) bond motifs is 2. The van der Waals surface area contributed by atoms with Crippen molar-refractivity contribution >= 4 is 27.4 Å². The fraction of sp³-hybridized carbons (Fsp3) is 0.138. The molecule has 3 N–H and O–H groups in total. The number of hydrogen-bond donors (Lipinski definition) is 3. The summed E-state index contributed by atoms with van der Waals surface area (Å²) in [5.41, 5.74) is 7.94. The first-order chi connectivity index (χ1) is 17.5. The van der Waals surface area contributed by atoms with Crippen molar-refractivity contribution in [3.8, 4) is 22.5 Å². The zero-order valence-corrected chi connectivity index (χ0v) is 20.4. The maximum Gasteiger partial charge on any atom is 0.123 e. The first-order valence-corrected chi connectivity index (χ1v) is 11.8. The van der Waals surface area contributed by atoms with Crippen LogP contribution in [-0.4, -0.2) is 31.2 Å². The normalized spacial score (nSPS) is 12.6. The Morgan fingerprint density at radius 2 is 1.86 bits per heavy atom. The molecule has 180 valence electrons. The Morgan fingerprint density at radius 1 is 1.06 bits per heavy atom. The number of aromatic amines is 2. The monoisotopic (exact) mass is 478 g/mol. The molecule has 5 aromatic rings. The zero-order valence-electron chi connectivity index (χ0n) is 20.4. The Bertz CT molecular complexity index is 1620. The number of nitrogens with one attached hydrogen (secondary N) is 3. The summed E-state index contributed by atoms with van der Waals surface area (Å²) in [6.07, 6.45) is 11.3. The first kappa shape index (κ1) is 23.2.